The van der Waals surface area contributed by atoms with E-state index in [1.165, 1.54) is 18.3 Å². The number of halogens is 1. The van der Waals surface area contributed by atoms with E-state index in [0.29, 0.717) is 32.9 Å². The van der Waals surface area contributed by atoms with Crippen molar-refractivity contribution in [3.8, 4) is 33.9 Å². The number of para-hydroxylation sites is 1. The quantitative estimate of drug-likeness (QED) is 0.581. The average Bonchev–Trinajstić information content (AvgIpc) is 3.05. The van der Waals surface area contributed by atoms with Crippen molar-refractivity contribution < 1.29 is 18.6 Å². The van der Waals surface area contributed by atoms with E-state index >= 15 is 0 Å². The van der Waals surface area contributed by atoms with Crippen LogP contribution in [0.25, 0.3) is 22.4 Å². The molecule has 0 saturated heterocycles. The minimum Gasteiger partial charge on any atom is -0.618 e. The van der Waals surface area contributed by atoms with E-state index in [2.05, 4.69) is 0 Å². The molecule has 0 fully saturated rings. The molecule has 0 bridgehead atoms. The molecule has 6 heteroatoms. The number of anilines is 1. The first-order valence-electron chi connectivity index (χ1n) is 7.32. The highest BCUT2D eigenvalue weighted by Crippen LogP contribution is 2.43. The number of nitrogens with zero attached hydrogens (tertiary/aromatic N) is 1. The predicted octanol–water partition coefficient (Wildman–Crippen LogP) is 3.10. The van der Waals surface area contributed by atoms with Gasteiger partial charge < -0.3 is 20.4 Å². The van der Waals surface area contributed by atoms with Crippen LogP contribution in [0.15, 0.2) is 54.7 Å². The molecule has 1 aliphatic rings. The molecule has 2 aromatic carbocycles. The number of nitrogen functional groups attached to an aromatic ring is 1. The number of benzene rings is 2. The van der Waals surface area contributed by atoms with Gasteiger partial charge in [0.05, 0.1) is 5.56 Å². The van der Waals surface area contributed by atoms with Gasteiger partial charge in [0.25, 0.3) is 5.69 Å². The molecule has 4 rings (SSSR count). The Morgan fingerprint density at radius 1 is 0.958 bits per heavy atom. The maximum absolute atomic E-state index is 14.1. The first-order chi connectivity index (χ1) is 11.7. The van der Waals surface area contributed by atoms with E-state index < -0.39 is 5.82 Å². The molecule has 0 radical (unpaired) electrons. The summed E-state index contributed by atoms with van der Waals surface area (Å²) in [4.78, 5) is 0. The van der Waals surface area contributed by atoms with Crippen molar-refractivity contribution in [2.24, 2.45) is 0 Å². The molecule has 3 aromatic rings. The molecule has 2 N–H and O–H groups in total. The third-order valence-corrected chi connectivity index (χ3v) is 3.96. The topological polar surface area (TPSA) is 71.4 Å². The number of pyridine rings is 1. The molecule has 120 valence electrons. The standard InChI is InChI=1S/C18H13FN2O3/c19-14-6-2-1-4-11(14)12-8-9-21(22)17(16(12)20)13-5-3-7-15-18(13)24-10-23-15/h1-9H,10,20H2. The molecule has 24 heavy (non-hydrogen) atoms. The molecule has 0 amide bonds. The van der Waals surface area contributed by atoms with E-state index in [1.807, 2.05) is 0 Å². The minimum atomic E-state index is -0.406. The largest absolute Gasteiger partial charge is 0.618 e. The fourth-order valence-corrected chi connectivity index (χ4v) is 2.85. The van der Waals surface area contributed by atoms with Crippen LogP contribution in [0.4, 0.5) is 10.1 Å². The lowest BCUT2D eigenvalue weighted by Crippen LogP contribution is -2.30. The smallest absolute Gasteiger partial charge is 0.251 e. The highest BCUT2D eigenvalue weighted by molar-refractivity contribution is 5.87. The summed E-state index contributed by atoms with van der Waals surface area (Å²) in [7, 11) is 0. The zero-order valence-corrected chi connectivity index (χ0v) is 12.5. The average molecular weight is 324 g/mol. The van der Waals surface area contributed by atoms with E-state index in [4.69, 9.17) is 15.2 Å². The van der Waals surface area contributed by atoms with Gasteiger partial charge in [0.1, 0.15) is 11.5 Å². The lowest BCUT2D eigenvalue weighted by molar-refractivity contribution is -0.592. The zero-order chi connectivity index (χ0) is 16.7. The molecule has 0 aliphatic carbocycles. The molecule has 0 unspecified atom stereocenters. The number of nitrogens with two attached hydrogens (primary N) is 1. The summed E-state index contributed by atoms with van der Waals surface area (Å²) in [6.45, 7) is 0.0815. The molecule has 0 saturated carbocycles. The Labute approximate surface area is 137 Å². The third-order valence-electron chi connectivity index (χ3n) is 3.96. The van der Waals surface area contributed by atoms with Crippen LogP contribution in [0.2, 0.25) is 0 Å². The van der Waals surface area contributed by atoms with Crippen LogP contribution < -0.4 is 19.9 Å². The monoisotopic (exact) mass is 324 g/mol. The van der Waals surface area contributed by atoms with Crippen molar-refractivity contribution in [2.45, 2.75) is 0 Å². The number of fused-ring (bicyclic) bond motifs is 1. The summed E-state index contributed by atoms with van der Waals surface area (Å²) in [6.07, 6.45) is 1.31. The number of ether oxygens (including phenoxy) is 2. The highest BCUT2D eigenvalue weighted by atomic mass is 19.1. The first kappa shape index (κ1) is 14.3. The van der Waals surface area contributed by atoms with Crippen molar-refractivity contribution in [3.63, 3.8) is 0 Å². The van der Waals surface area contributed by atoms with Crippen LogP contribution in [0.5, 0.6) is 11.5 Å². The van der Waals surface area contributed by atoms with Crippen LogP contribution in [0.3, 0.4) is 0 Å². The summed E-state index contributed by atoms with van der Waals surface area (Å²) >= 11 is 0. The van der Waals surface area contributed by atoms with Gasteiger partial charge in [0.2, 0.25) is 6.79 Å². The number of hydrogen-bond acceptors (Lipinski definition) is 4. The van der Waals surface area contributed by atoms with Crippen LogP contribution >= 0.6 is 0 Å². The van der Waals surface area contributed by atoms with Crippen LogP contribution in [0.1, 0.15) is 0 Å². The summed E-state index contributed by atoms with van der Waals surface area (Å²) in [6, 6.07) is 13.0. The van der Waals surface area contributed by atoms with E-state index in [-0.39, 0.29) is 18.2 Å². The Balaban J connectivity index is 1.97. The van der Waals surface area contributed by atoms with Gasteiger partial charge in [0.15, 0.2) is 17.7 Å². The molecule has 2 heterocycles. The van der Waals surface area contributed by atoms with Crippen LogP contribution in [0, 0.1) is 11.0 Å². The maximum atomic E-state index is 14.1. The highest BCUT2D eigenvalue weighted by Gasteiger charge is 2.27. The Hall–Kier alpha value is -3.28. The second kappa shape index (κ2) is 5.42. The Kier molecular flexibility index (Phi) is 3.23. The van der Waals surface area contributed by atoms with Crippen molar-refractivity contribution in [3.05, 3.63) is 65.8 Å². The molecule has 1 aromatic heterocycles. The molecule has 1 aliphatic heterocycles. The van der Waals surface area contributed by atoms with Crippen LogP contribution in [-0.4, -0.2) is 6.79 Å². The minimum absolute atomic E-state index is 0.0815. The van der Waals surface area contributed by atoms with Crippen LogP contribution in [-0.2, 0) is 0 Å². The SMILES string of the molecule is Nc1c(-c2ccccc2F)cc[n+]([O-])c1-c1cccc2c1OCO2. The van der Waals surface area contributed by atoms with Gasteiger partial charge in [-0.3, -0.25) is 0 Å². The summed E-state index contributed by atoms with van der Waals surface area (Å²) < 4.78 is 25.6. The molecular formula is C18H13FN2O3. The Bertz CT molecular complexity index is 944. The first-order valence-corrected chi connectivity index (χ1v) is 7.32. The van der Waals surface area contributed by atoms with E-state index in [0.717, 1.165) is 0 Å². The summed E-state index contributed by atoms with van der Waals surface area (Å²) in [5.41, 5.74) is 7.91. The van der Waals surface area contributed by atoms with Gasteiger partial charge in [-0.15, -0.1) is 0 Å². The zero-order valence-electron chi connectivity index (χ0n) is 12.5. The van der Waals surface area contributed by atoms with E-state index in [1.54, 1.807) is 36.4 Å². The van der Waals surface area contributed by atoms with Crippen molar-refractivity contribution in [1.82, 2.24) is 0 Å². The number of hydrogen-bond donors (Lipinski definition) is 1. The molecular weight excluding hydrogens is 311 g/mol. The van der Waals surface area contributed by atoms with Gasteiger partial charge in [-0.1, -0.05) is 24.3 Å². The lowest BCUT2D eigenvalue weighted by atomic mass is 9.99. The summed E-state index contributed by atoms with van der Waals surface area (Å²) in [5.74, 6) is 0.597. The lowest BCUT2D eigenvalue weighted by Gasteiger charge is -2.13. The normalized spacial score (nSPS) is 12.4. The second-order valence-corrected chi connectivity index (χ2v) is 5.34. The fourth-order valence-electron chi connectivity index (χ4n) is 2.85. The van der Waals surface area contributed by atoms with Crippen molar-refractivity contribution in [1.29, 1.82) is 0 Å². The van der Waals surface area contributed by atoms with Crippen molar-refractivity contribution in [2.75, 3.05) is 12.5 Å². The third kappa shape index (κ3) is 2.11. The van der Waals surface area contributed by atoms with Gasteiger partial charge in [-0.25, -0.2) is 4.39 Å². The Morgan fingerprint density at radius 2 is 1.75 bits per heavy atom. The summed E-state index contributed by atoms with van der Waals surface area (Å²) in [5, 5.41) is 12.4. The van der Waals surface area contributed by atoms with Gasteiger partial charge in [0, 0.05) is 17.2 Å². The fraction of sp³-hybridized carbons (Fsp3) is 0.0556. The van der Waals surface area contributed by atoms with Gasteiger partial charge in [-0.05, 0) is 18.2 Å². The predicted molar refractivity (Wildman–Crippen MR) is 86.8 cm³/mol. The molecule has 0 spiro atoms. The maximum Gasteiger partial charge on any atom is 0.251 e. The van der Waals surface area contributed by atoms with Crippen molar-refractivity contribution >= 4 is 5.69 Å². The van der Waals surface area contributed by atoms with Gasteiger partial charge in [-0.2, -0.15) is 4.73 Å². The molecule has 5 nitrogen and oxygen atoms in total. The Morgan fingerprint density at radius 3 is 2.58 bits per heavy atom. The number of aromatic nitrogens is 1. The second-order valence-electron chi connectivity index (χ2n) is 5.34. The molecule has 0 atom stereocenters. The van der Waals surface area contributed by atoms with Gasteiger partial charge >= 0.3 is 0 Å². The van der Waals surface area contributed by atoms with E-state index in [9.17, 15) is 9.60 Å². The number of rotatable bonds is 2.